The van der Waals surface area contributed by atoms with Gasteiger partial charge in [-0.25, -0.2) is 4.98 Å². The van der Waals surface area contributed by atoms with Gasteiger partial charge in [-0.05, 0) is 24.8 Å². The summed E-state index contributed by atoms with van der Waals surface area (Å²) < 4.78 is 0. The Kier molecular flexibility index (Phi) is 5.48. The molecule has 1 aliphatic heterocycles. The minimum absolute atomic E-state index is 0.0378. The first kappa shape index (κ1) is 17.6. The fourth-order valence-electron chi connectivity index (χ4n) is 3.08. The van der Waals surface area contributed by atoms with Gasteiger partial charge in [-0.3, -0.25) is 9.59 Å². The lowest BCUT2D eigenvalue weighted by Crippen LogP contribution is -2.43. The van der Waals surface area contributed by atoms with Crippen LogP contribution in [-0.4, -0.2) is 40.0 Å². The number of aryl methyl sites for hydroxylation is 1. The van der Waals surface area contributed by atoms with E-state index in [0.29, 0.717) is 19.5 Å². The Labute approximate surface area is 151 Å². The maximum atomic E-state index is 12.5. The molecule has 0 aliphatic carbocycles. The number of carbonyl (C=O) groups is 2. The molecular formula is C19H22N2O3S. The van der Waals surface area contributed by atoms with Gasteiger partial charge in [0.15, 0.2) is 0 Å². The highest BCUT2D eigenvalue weighted by molar-refractivity contribution is 7.13. The number of aliphatic carboxylic acids is 1. The Morgan fingerprint density at radius 1 is 1.32 bits per heavy atom. The maximum Gasteiger partial charge on any atom is 0.308 e. The first-order valence-corrected chi connectivity index (χ1v) is 9.49. The average molecular weight is 358 g/mol. The van der Waals surface area contributed by atoms with Gasteiger partial charge >= 0.3 is 5.97 Å². The summed E-state index contributed by atoms with van der Waals surface area (Å²) >= 11 is 1.53. The average Bonchev–Trinajstić information content (AvgIpc) is 3.10. The van der Waals surface area contributed by atoms with Gasteiger partial charge in [-0.2, -0.15) is 0 Å². The Morgan fingerprint density at radius 3 is 2.76 bits per heavy atom. The summed E-state index contributed by atoms with van der Waals surface area (Å²) in [7, 11) is 0. The lowest BCUT2D eigenvalue weighted by atomic mass is 9.98. The molecule has 0 spiro atoms. The number of rotatable bonds is 5. The van der Waals surface area contributed by atoms with Crippen LogP contribution in [-0.2, 0) is 22.4 Å². The van der Waals surface area contributed by atoms with E-state index in [-0.39, 0.29) is 12.3 Å². The van der Waals surface area contributed by atoms with E-state index in [1.54, 1.807) is 4.90 Å². The van der Waals surface area contributed by atoms with Crippen LogP contribution in [0.2, 0.25) is 0 Å². The van der Waals surface area contributed by atoms with Crippen LogP contribution in [0.15, 0.2) is 29.6 Å². The first-order chi connectivity index (χ1) is 12.1. The van der Waals surface area contributed by atoms with Gasteiger partial charge in [0.1, 0.15) is 5.01 Å². The van der Waals surface area contributed by atoms with Gasteiger partial charge in [-0.15, -0.1) is 11.3 Å². The van der Waals surface area contributed by atoms with Crippen molar-refractivity contribution in [2.24, 2.45) is 5.92 Å². The van der Waals surface area contributed by atoms with E-state index >= 15 is 0 Å². The number of amides is 1. The number of carboxylic acids is 1. The maximum absolute atomic E-state index is 12.5. The van der Waals surface area contributed by atoms with Crippen LogP contribution in [0.4, 0.5) is 0 Å². The second-order valence-electron chi connectivity index (χ2n) is 6.39. The molecular weight excluding hydrogens is 336 g/mol. The molecule has 132 valence electrons. The van der Waals surface area contributed by atoms with Gasteiger partial charge in [0.25, 0.3) is 0 Å². The zero-order valence-corrected chi connectivity index (χ0v) is 15.1. The summed E-state index contributed by atoms with van der Waals surface area (Å²) in [6, 6.07) is 8.32. The number of carbonyl (C=O) groups excluding carboxylic acids is 1. The molecule has 2 heterocycles. The number of hydrogen-bond acceptors (Lipinski definition) is 4. The second-order valence-corrected chi connectivity index (χ2v) is 7.25. The highest BCUT2D eigenvalue weighted by Crippen LogP contribution is 2.25. The van der Waals surface area contributed by atoms with Gasteiger partial charge in [0.05, 0.1) is 18.0 Å². The molecule has 25 heavy (non-hydrogen) atoms. The van der Waals surface area contributed by atoms with E-state index in [4.69, 9.17) is 5.11 Å². The van der Waals surface area contributed by atoms with Gasteiger partial charge in [-0.1, -0.05) is 31.2 Å². The highest BCUT2D eigenvalue weighted by atomic mass is 32.1. The molecule has 0 bridgehead atoms. The van der Waals surface area contributed by atoms with E-state index in [0.717, 1.165) is 29.1 Å². The minimum atomic E-state index is -0.816. The van der Waals surface area contributed by atoms with Crippen LogP contribution >= 0.6 is 11.3 Å². The van der Waals surface area contributed by atoms with Gasteiger partial charge in [0, 0.05) is 24.0 Å². The highest BCUT2D eigenvalue weighted by Gasteiger charge is 2.28. The predicted octanol–water partition coefficient (Wildman–Crippen LogP) is 3.24. The van der Waals surface area contributed by atoms with Crippen LogP contribution in [0.1, 0.15) is 31.0 Å². The monoisotopic (exact) mass is 358 g/mol. The quantitative estimate of drug-likeness (QED) is 0.891. The lowest BCUT2D eigenvalue weighted by molar-refractivity contribution is -0.145. The number of hydrogen-bond donors (Lipinski definition) is 1. The fourth-order valence-corrected chi connectivity index (χ4v) is 3.90. The number of carboxylic acid groups (broad SMARTS) is 1. The second kappa shape index (κ2) is 7.78. The summed E-state index contributed by atoms with van der Waals surface area (Å²) in [4.78, 5) is 29.8. The summed E-state index contributed by atoms with van der Waals surface area (Å²) in [5.41, 5.74) is 3.10. The Hall–Kier alpha value is -2.21. The van der Waals surface area contributed by atoms with Crippen LogP contribution in [0.5, 0.6) is 0 Å². The van der Waals surface area contributed by atoms with E-state index in [9.17, 15) is 9.59 Å². The molecule has 1 aromatic heterocycles. The molecule has 1 amide bonds. The Bertz CT molecular complexity index is 754. The van der Waals surface area contributed by atoms with Crippen molar-refractivity contribution in [3.8, 4) is 10.6 Å². The molecule has 3 rings (SSSR count). The molecule has 5 nitrogen and oxygen atoms in total. The zero-order valence-electron chi connectivity index (χ0n) is 14.3. The Balaban J connectivity index is 1.64. The van der Waals surface area contributed by atoms with E-state index in [1.165, 1.54) is 16.9 Å². The topological polar surface area (TPSA) is 70.5 Å². The number of aromatic nitrogens is 1. The normalized spacial score (nSPS) is 17.5. The summed E-state index contributed by atoms with van der Waals surface area (Å²) in [6.07, 6.45) is 2.63. The van der Waals surface area contributed by atoms with Crippen LogP contribution in [0, 0.1) is 5.92 Å². The van der Waals surface area contributed by atoms with Crippen molar-refractivity contribution in [1.82, 2.24) is 9.88 Å². The molecule has 1 saturated heterocycles. The minimum Gasteiger partial charge on any atom is -0.481 e. The van der Waals surface area contributed by atoms with Crippen molar-refractivity contribution in [2.75, 3.05) is 13.1 Å². The number of likely N-dealkylation sites (tertiary alicyclic amines) is 1. The van der Waals surface area contributed by atoms with Crippen molar-refractivity contribution in [1.29, 1.82) is 0 Å². The third-order valence-corrected chi connectivity index (χ3v) is 5.56. The van der Waals surface area contributed by atoms with Crippen molar-refractivity contribution >= 4 is 23.2 Å². The number of thiazole rings is 1. The smallest absolute Gasteiger partial charge is 0.308 e. The standard InChI is InChI=1S/C19H22N2O3S/c1-2-13-5-7-14(8-6-13)18-20-16(12-25-18)10-17(22)21-9-3-4-15(11-21)19(23)24/h5-8,12,15H,2-4,9-11H2,1H3,(H,23,24). The zero-order chi connectivity index (χ0) is 17.8. The summed E-state index contributed by atoms with van der Waals surface area (Å²) in [5, 5.41) is 12.0. The third-order valence-electron chi connectivity index (χ3n) is 4.62. The molecule has 1 aromatic carbocycles. The fraction of sp³-hybridized carbons (Fsp3) is 0.421. The largest absolute Gasteiger partial charge is 0.481 e. The SMILES string of the molecule is CCc1ccc(-c2nc(CC(=O)N3CCCC(C(=O)O)C3)cs2)cc1. The number of nitrogens with zero attached hydrogens (tertiary/aromatic N) is 2. The number of piperidine rings is 1. The summed E-state index contributed by atoms with van der Waals surface area (Å²) in [5.74, 6) is -1.30. The van der Waals surface area contributed by atoms with Crippen LogP contribution in [0.25, 0.3) is 10.6 Å². The van der Waals surface area contributed by atoms with E-state index in [1.807, 2.05) is 5.38 Å². The molecule has 2 aromatic rings. The predicted molar refractivity (Wildman–Crippen MR) is 97.6 cm³/mol. The molecule has 1 fully saturated rings. The van der Waals surface area contributed by atoms with Crippen LogP contribution in [0.3, 0.4) is 0 Å². The lowest BCUT2D eigenvalue weighted by Gasteiger charge is -2.30. The van der Waals surface area contributed by atoms with Crippen molar-refractivity contribution < 1.29 is 14.7 Å². The van der Waals surface area contributed by atoms with E-state index < -0.39 is 11.9 Å². The van der Waals surface area contributed by atoms with Gasteiger partial charge in [0.2, 0.25) is 5.91 Å². The van der Waals surface area contributed by atoms with Crippen molar-refractivity contribution in [3.63, 3.8) is 0 Å². The first-order valence-electron chi connectivity index (χ1n) is 8.61. The third kappa shape index (κ3) is 4.25. The van der Waals surface area contributed by atoms with E-state index in [2.05, 4.69) is 36.2 Å². The van der Waals surface area contributed by atoms with Crippen LogP contribution < -0.4 is 0 Å². The molecule has 1 aliphatic rings. The molecule has 1 unspecified atom stereocenters. The summed E-state index contributed by atoms with van der Waals surface area (Å²) in [6.45, 7) is 3.07. The molecule has 0 radical (unpaired) electrons. The van der Waals surface area contributed by atoms with Gasteiger partial charge < -0.3 is 10.0 Å². The van der Waals surface area contributed by atoms with Crippen molar-refractivity contribution in [2.45, 2.75) is 32.6 Å². The Morgan fingerprint density at radius 2 is 2.08 bits per heavy atom. The number of benzene rings is 1. The molecule has 1 atom stereocenters. The molecule has 1 N–H and O–H groups in total. The van der Waals surface area contributed by atoms with Crippen molar-refractivity contribution in [3.05, 3.63) is 40.9 Å². The molecule has 0 saturated carbocycles. The molecule has 6 heteroatoms.